The molecule has 0 spiro atoms. The van der Waals surface area contributed by atoms with Crippen LogP contribution in [0.15, 0.2) is 36.4 Å². The lowest BCUT2D eigenvalue weighted by Gasteiger charge is -2.14. The highest BCUT2D eigenvalue weighted by Crippen LogP contribution is 2.00. The van der Waals surface area contributed by atoms with Gasteiger partial charge < -0.3 is 10.1 Å². The minimum Gasteiger partial charge on any atom is -0.376 e. The largest absolute Gasteiger partial charge is 0.376 e. The molecule has 0 fully saturated rings. The summed E-state index contributed by atoms with van der Waals surface area (Å²) in [5.74, 6) is 0. The molecule has 1 rings (SSSR count). The lowest BCUT2D eigenvalue weighted by molar-refractivity contribution is 0.161. The van der Waals surface area contributed by atoms with Crippen LogP contribution < -0.4 is 5.32 Å². The third-order valence-electron chi connectivity index (χ3n) is 2.99. The van der Waals surface area contributed by atoms with E-state index in [0.717, 1.165) is 13.2 Å². The van der Waals surface area contributed by atoms with Gasteiger partial charge in [-0.1, -0.05) is 56.3 Å². The molecule has 0 bridgehead atoms. The predicted molar refractivity (Wildman–Crippen MR) is 78.7 cm³/mol. The van der Waals surface area contributed by atoms with Gasteiger partial charge in [0.25, 0.3) is 0 Å². The van der Waals surface area contributed by atoms with Crippen molar-refractivity contribution in [3.05, 3.63) is 42.0 Å². The molecular weight excluding hydrogens is 222 g/mol. The van der Waals surface area contributed by atoms with Gasteiger partial charge in [-0.2, -0.15) is 0 Å². The van der Waals surface area contributed by atoms with Crippen molar-refractivity contribution in [2.75, 3.05) is 19.8 Å². The van der Waals surface area contributed by atoms with E-state index in [2.05, 4.69) is 43.4 Å². The fraction of sp³-hybridized carbons (Fsp3) is 0.500. The molecule has 0 atom stereocenters. The first-order chi connectivity index (χ1) is 8.86. The highest BCUT2D eigenvalue weighted by atomic mass is 16.5. The number of hydrogen-bond donors (Lipinski definition) is 1. The van der Waals surface area contributed by atoms with E-state index >= 15 is 0 Å². The van der Waals surface area contributed by atoms with Gasteiger partial charge in [0, 0.05) is 12.6 Å². The van der Waals surface area contributed by atoms with Gasteiger partial charge in [-0.3, -0.25) is 0 Å². The van der Waals surface area contributed by atoms with Crippen molar-refractivity contribution < 1.29 is 4.74 Å². The first kappa shape index (κ1) is 14.9. The van der Waals surface area contributed by atoms with Crippen LogP contribution in [0.2, 0.25) is 0 Å². The summed E-state index contributed by atoms with van der Waals surface area (Å²) in [6, 6.07) is 10.9. The maximum Gasteiger partial charge on any atom is 0.0651 e. The molecule has 0 radical (unpaired) electrons. The molecule has 0 saturated carbocycles. The van der Waals surface area contributed by atoms with Gasteiger partial charge in [-0.05, 0) is 18.4 Å². The highest BCUT2D eigenvalue weighted by molar-refractivity contribution is 5.48. The molecule has 0 aliphatic heterocycles. The monoisotopic (exact) mass is 247 g/mol. The molecule has 100 valence electrons. The van der Waals surface area contributed by atoms with E-state index in [1.807, 2.05) is 18.2 Å². The Morgan fingerprint density at radius 1 is 1.17 bits per heavy atom. The van der Waals surface area contributed by atoms with Crippen LogP contribution in [0.1, 0.15) is 32.3 Å². The Labute approximate surface area is 111 Å². The number of benzene rings is 1. The topological polar surface area (TPSA) is 21.3 Å². The Hall–Kier alpha value is -1.12. The summed E-state index contributed by atoms with van der Waals surface area (Å²) in [6.45, 7) is 6.82. The van der Waals surface area contributed by atoms with Crippen LogP contribution >= 0.6 is 0 Å². The summed E-state index contributed by atoms with van der Waals surface area (Å²) in [4.78, 5) is 0. The molecule has 1 N–H and O–H groups in total. The molecule has 0 saturated heterocycles. The quantitative estimate of drug-likeness (QED) is 0.674. The van der Waals surface area contributed by atoms with Crippen LogP contribution in [0.4, 0.5) is 0 Å². The number of ether oxygens (including phenoxy) is 1. The van der Waals surface area contributed by atoms with Gasteiger partial charge in [0.05, 0.1) is 13.2 Å². The molecule has 2 heteroatoms. The Morgan fingerprint density at radius 3 is 2.56 bits per heavy atom. The van der Waals surface area contributed by atoms with Crippen molar-refractivity contribution in [1.82, 2.24) is 5.32 Å². The minimum absolute atomic E-state index is 0.633. The van der Waals surface area contributed by atoms with E-state index in [0.29, 0.717) is 12.6 Å². The standard InChI is InChI=1S/C16H25NO/c1-3-16(4-2)17-12-14-18-13-8-11-15-9-6-5-7-10-15/h5-11,16-17H,3-4,12-14H2,1-2H3. The Morgan fingerprint density at radius 2 is 1.89 bits per heavy atom. The summed E-state index contributed by atoms with van der Waals surface area (Å²) < 4.78 is 5.55. The van der Waals surface area contributed by atoms with Crippen molar-refractivity contribution in [3.8, 4) is 0 Å². The van der Waals surface area contributed by atoms with Crippen LogP contribution in [-0.2, 0) is 4.74 Å². The number of nitrogens with one attached hydrogen (secondary N) is 1. The van der Waals surface area contributed by atoms with E-state index in [9.17, 15) is 0 Å². The van der Waals surface area contributed by atoms with Gasteiger partial charge in [-0.25, -0.2) is 0 Å². The Bertz CT molecular complexity index is 317. The summed E-state index contributed by atoms with van der Waals surface area (Å²) in [5.41, 5.74) is 1.22. The fourth-order valence-electron chi connectivity index (χ4n) is 1.81. The van der Waals surface area contributed by atoms with E-state index in [1.165, 1.54) is 18.4 Å². The lowest BCUT2D eigenvalue weighted by Crippen LogP contribution is -2.30. The molecule has 0 aliphatic carbocycles. The fourth-order valence-corrected chi connectivity index (χ4v) is 1.81. The van der Waals surface area contributed by atoms with Gasteiger partial charge in [0.2, 0.25) is 0 Å². The summed E-state index contributed by atoms with van der Waals surface area (Å²) in [5, 5.41) is 3.48. The van der Waals surface area contributed by atoms with Crippen LogP contribution in [0.5, 0.6) is 0 Å². The molecule has 0 unspecified atom stereocenters. The molecule has 18 heavy (non-hydrogen) atoms. The third kappa shape index (κ3) is 6.58. The summed E-state index contributed by atoms with van der Waals surface area (Å²) in [7, 11) is 0. The van der Waals surface area contributed by atoms with E-state index in [-0.39, 0.29) is 0 Å². The van der Waals surface area contributed by atoms with E-state index in [4.69, 9.17) is 4.74 Å². The predicted octanol–water partition coefficient (Wildman–Crippen LogP) is 3.49. The smallest absolute Gasteiger partial charge is 0.0651 e. The van der Waals surface area contributed by atoms with Gasteiger partial charge in [0.15, 0.2) is 0 Å². The van der Waals surface area contributed by atoms with E-state index < -0.39 is 0 Å². The van der Waals surface area contributed by atoms with Crippen LogP contribution in [0, 0.1) is 0 Å². The van der Waals surface area contributed by atoms with Gasteiger partial charge in [-0.15, -0.1) is 0 Å². The van der Waals surface area contributed by atoms with Crippen molar-refractivity contribution in [1.29, 1.82) is 0 Å². The molecule has 2 nitrogen and oxygen atoms in total. The molecule has 1 aromatic carbocycles. The van der Waals surface area contributed by atoms with Gasteiger partial charge >= 0.3 is 0 Å². The first-order valence-corrected chi connectivity index (χ1v) is 6.89. The number of hydrogen-bond acceptors (Lipinski definition) is 2. The van der Waals surface area contributed by atoms with Crippen molar-refractivity contribution in [2.24, 2.45) is 0 Å². The first-order valence-electron chi connectivity index (χ1n) is 6.89. The second kappa shape index (κ2) is 9.86. The maximum absolute atomic E-state index is 5.55. The van der Waals surface area contributed by atoms with Gasteiger partial charge in [0.1, 0.15) is 0 Å². The molecule has 0 amide bonds. The molecule has 1 aromatic rings. The van der Waals surface area contributed by atoms with Crippen molar-refractivity contribution in [3.63, 3.8) is 0 Å². The molecule has 0 aliphatic rings. The van der Waals surface area contributed by atoms with Crippen molar-refractivity contribution >= 4 is 6.08 Å². The zero-order valence-electron chi connectivity index (χ0n) is 11.6. The Balaban J connectivity index is 2.03. The van der Waals surface area contributed by atoms with Crippen LogP contribution in [0.3, 0.4) is 0 Å². The zero-order valence-corrected chi connectivity index (χ0v) is 11.6. The number of rotatable bonds is 9. The minimum atomic E-state index is 0.633. The maximum atomic E-state index is 5.55. The van der Waals surface area contributed by atoms with Crippen molar-refractivity contribution in [2.45, 2.75) is 32.7 Å². The molecular formula is C16H25NO. The molecule has 0 aromatic heterocycles. The average Bonchev–Trinajstić information content (AvgIpc) is 2.43. The lowest BCUT2D eigenvalue weighted by atomic mass is 10.2. The SMILES string of the molecule is CCC(CC)NCCOCC=Cc1ccccc1. The van der Waals surface area contributed by atoms with E-state index in [1.54, 1.807) is 0 Å². The Kier molecular flexibility index (Phi) is 8.19. The second-order valence-corrected chi connectivity index (χ2v) is 4.36. The van der Waals surface area contributed by atoms with Crippen LogP contribution in [-0.4, -0.2) is 25.8 Å². The third-order valence-corrected chi connectivity index (χ3v) is 2.99. The zero-order chi connectivity index (χ0) is 13.1. The molecule has 0 heterocycles. The second-order valence-electron chi connectivity index (χ2n) is 4.36. The van der Waals surface area contributed by atoms with Crippen LogP contribution in [0.25, 0.3) is 6.08 Å². The summed E-state index contributed by atoms with van der Waals surface area (Å²) >= 11 is 0. The normalized spacial score (nSPS) is 11.5. The average molecular weight is 247 g/mol. The highest BCUT2D eigenvalue weighted by Gasteiger charge is 1.99. The summed E-state index contributed by atoms with van der Waals surface area (Å²) in [6.07, 6.45) is 6.52.